The van der Waals surface area contributed by atoms with Gasteiger partial charge in [-0.1, -0.05) is 0 Å². The molecule has 7 heteroatoms. The Hall–Kier alpha value is -1.30. The molecule has 0 fully saturated rings. The number of hydrogen-bond acceptors (Lipinski definition) is 6. The molecule has 0 aliphatic carbocycles. The first-order chi connectivity index (χ1) is 7.45. The maximum absolute atomic E-state index is 4.39. The fourth-order valence-electron chi connectivity index (χ4n) is 1.06. The van der Waals surface area contributed by atoms with Crippen LogP contribution in [0.2, 0.25) is 0 Å². The molecule has 0 unspecified atom stereocenters. The van der Waals surface area contributed by atoms with Crippen molar-refractivity contribution in [2.75, 3.05) is 56.5 Å². The molecule has 0 saturated carbocycles. The van der Waals surface area contributed by atoms with Gasteiger partial charge in [-0.3, -0.25) is 0 Å². The van der Waals surface area contributed by atoms with Crippen molar-refractivity contribution in [1.29, 1.82) is 0 Å². The van der Waals surface area contributed by atoms with Crippen molar-refractivity contribution in [1.82, 2.24) is 15.0 Å². The summed E-state index contributed by atoms with van der Waals surface area (Å²) < 4.78 is 0. The highest BCUT2D eigenvalue weighted by molar-refractivity contribution is 5.85. The quantitative estimate of drug-likeness (QED) is 0.801. The Kier molecular flexibility index (Phi) is 5.95. The Morgan fingerprint density at radius 3 is 1.41 bits per heavy atom. The lowest BCUT2D eigenvalue weighted by Gasteiger charge is -2.20. The van der Waals surface area contributed by atoms with Crippen LogP contribution in [0.1, 0.15) is 6.92 Å². The summed E-state index contributed by atoms with van der Waals surface area (Å²) >= 11 is 0. The molecule has 0 radical (unpaired) electrons. The van der Waals surface area contributed by atoms with Crippen molar-refractivity contribution >= 4 is 30.3 Å². The third-order valence-corrected chi connectivity index (χ3v) is 2.22. The zero-order valence-corrected chi connectivity index (χ0v) is 12.1. The molecule has 0 N–H and O–H groups in total. The van der Waals surface area contributed by atoms with E-state index in [4.69, 9.17) is 0 Å². The van der Waals surface area contributed by atoms with Gasteiger partial charge in [-0.15, -0.1) is 12.4 Å². The van der Waals surface area contributed by atoms with E-state index in [1.165, 1.54) is 0 Å². The van der Waals surface area contributed by atoms with Crippen molar-refractivity contribution in [3.63, 3.8) is 0 Å². The Labute approximate surface area is 109 Å². The van der Waals surface area contributed by atoms with Gasteiger partial charge in [0.25, 0.3) is 0 Å². The summed E-state index contributed by atoms with van der Waals surface area (Å²) in [5, 5.41) is 0. The van der Waals surface area contributed by atoms with E-state index in [-0.39, 0.29) is 12.4 Å². The van der Waals surface area contributed by atoms with E-state index in [0.29, 0.717) is 17.8 Å². The first-order valence-corrected chi connectivity index (χ1v) is 5.27. The molecule has 0 spiro atoms. The van der Waals surface area contributed by atoms with Gasteiger partial charge in [0.1, 0.15) is 0 Å². The average molecular weight is 261 g/mol. The summed E-state index contributed by atoms with van der Waals surface area (Å²) in [5.74, 6) is 2.05. The smallest absolute Gasteiger partial charge is 0.231 e. The highest BCUT2D eigenvalue weighted by Gasteiger charge is 2.11. The first-order valence-electron chi connectivity index (χ1n) is 5.27. The van der Waals surface area contributed by atoms with Gasteiger partial charge in [-0.25, -0.2) is 0 Å². The Balaban J connectivity index is 0.00000256. The molecular weight excluding hydrogens is 240 g/mol. The van der Waals surface area contributed by atoms with E-state index in [1.54, 1.807) is 0 Å². The number of nitrogens with zero attached hydrogens (tertiary/aromatic N) is 6. The van der Waals surface area contributed by atoms with Gasteiger partial charge in [-0.05, 0) is 6.92 Å². The zero-order valence-electron chi connectivity index (χ0n) is 11.3. The lowest BCUT2D eigenvalue weighted by molar-refractivity contribution is 0.851. The third-order valence-electron chi connectivity index (χ3n) is 2.22. The van der Waals surface area contributed by atoms with Crippen LogP contribution < -0.4 is 14.7 Å². The van der Waals surface area contributed by atoms with E-state index in [1.807, 2.05) is 49.9 Å². The van der Waals surface area contributed by atoms with Crippen LogP contribution in [0.4, 0.5) is 17.8 Å². The monoisotopic (exact) mass is 260 g/mol. The SMILES string of the molecule is CCN(C)c1nc(N(C)C)nc(N(C)C)n1.Cl. The molecule has 0 saturated heterocycles. The largest absolute Gasteiger partial charge is 0.347 e. The standard InChI is InChI=1S/C10H20N6.ClH/c1-7-16(6)10-12-8(14(2)3)11-9(13-10)15(4)5;/h7H2,1-6H3;1H. The summed E-state index contributed by atoms with van der Waals surface area (Å²) in [5.41, 5.74) is 0. The fourth-order valence-corrected chi connectivity index (χ4v) is 1.06. The maximum Gasteiger partial charge on any atom is 0.231 e. The molecule has 17 heavy (non-hydrogen) atoms. The van der Waals surface area contributed by atoms with Crippen molar-refractivity contribution in [2.45, 2.75) is 6.92 Å². The number of hydrogen-bond donors (Lipinski definition) is 0. The molecule has 6 nitrogen and oxygen atoms in total. The van der Waals surface area contributed by atoms with Gasteiger partial charge >= 0.3 is 0 Å². The number of rotatable bonds is 4. The molecular formula is C10H21ClN6. The highest BCUT2D eigenvalue weighted by atomic mass is 35.5. The molecule has 0 aromatic carbocycles. The predicted molar refractivity (Wildman–Crippen MR) is 74.7 cm³/mol. The van der Waals surface area contributed by atoms with Crippen molar-refractivity contribution in [3.8, 4) is 0 Å². The number of aromatic nitrogens is 3. The van der Waals surface area contributed by atoms with Crippen LogP contribution in [0.15, 0.2) is 0 Å². The summed E-state index contributed by atoms with van der Waals surface area (Å²) in [4.78, 5) is 18.9. The molecule has 0 aliphatic rings. The minimum Gasteiger partial charge on any atom is -0.347 e. The van der Waals surface area contributed by atoms with Crippen molar-refractivity contribution < 1.29 is 0 Å². The fraction of sp³-hybridized carbons (Fsp3) is 0.700. The molecule has 1 rings (SSSR count). The van der Waals surface area contributed by atoms with Gasteiger partial charge in [0.05, 0.1) is 0 Å². The van der Waals surface area contributed by atoms with E-state index < -0.39 is 0 Å². The topological polar surface area (TPSA) is 48.4 Å². The van der Waals surface area contributed by atoms with Crippen LogP contribution in [-0.4, -0.2) is 56.7 Å². The summed E-state index contributed by atoms with van der Waals surface area (Å²) in [6.45, 7) is 2.93. The lowest BCUT2D eigenvalue weighted by atomic mass is 10.6. The van der Waals surface area contributed by atoms with E-state index in [0.717, 1.165) is 6.54 Å². The first kappa shape index (κ1) is 15.7. The Bertz CT molecular complexity index is 328. The molecule has 1 aromatic rings. The molecule has 1 aromatic heterocycles. The lowest BCUT2D eigenvalue weighted by Crippen LogP contribution is -2.24. The summed E-state index contributed by atoms with van der Waals surface area (Å²) in [7, 11) is 9.65. The zero-order chi connectivity index (χ0) is 12.3. The molecule has 0 bridgehead atoms. The van der Waals surface area contributed by atoms with Crippen LogP contribution in [0.25, 0.3) is 0 Å². The van der Waals surface area contributed by atoms with E-state index in [9.17, 15) is 0 Å². The predicted octanol–water partition coefficient (Wildman–Crippen LogP) is 0.881. The maximum atomic E-state index is 4.39. The minimum absolute atomic E-state index is 0. The normalized spacial score (nSPS) is 9.53. The van der Waals surface area contributed by atoms with Gasteiger partial charge in [0.2, 0.25) is 17.8 Å². The second-order valence-corrected chi connectivity index (χ2v) is 4.04. The second kappa shape index (κ2) is 6.44. The third kappa shape index (κ3) is 3.89. The number of halogens is 1. The second-order valence-electron chi connectivity index (χ2n) is 4.04. The Morgan fingerprint density at radius 1 is 0.765 bits per heavy atom. The van der Waals surface area contributed by atoms with Crippen LogP contribution in [-0.2, 0) is 0 Å². The summed E-state index contributed by atoms with van der Waals surface area (Å²) in [6.07, 6.45) is 0. The van der Waals surface area contributed by atoms with Gasteiger partial charge < -0.3 is 14.7 Å². The minimum atomic E-state index is 0. The molecule has 0 aliphatic heterocycles. The highest BCUT2D eigenvalue weighted by Crippen LogP contribution is 2.15. The van der Waals surface area contributed by atoms with Crippen LogP contribution >= 0.6 is 12.4 Å². The molecule has 1 heterocycles. The van der Waals surface area contributed by atoms with Crippen molar-refractivity contribution in [2.24, 2.45) is 0 Å². The van der Waals surface area contributed by atoms with Gasteiger partial charge in [0.15, 0.2) is 0 Å². The molecule has 0 atom stereocenters. The average Bonchev–Trinajstić information content (AvgIpc) is 2.27. The van der Waals surface area contributed by atoms with E-state index in [2.05, 4.69) is 21.9 Å². The number of anilines is 3. The summed E-state index contributed by atoms with van der Waals surface area (Å²) in [6, 6.07) is 0. The van der Waals surface area contributed by atoms with Crippen LogP contribution in [0.5, 0.6) is 0 Å². The van der Waals surface area contributed by atoms with Crippen LogP contribution in [0.3, 0.4) is 0 Å². The Morgan fingerprint density at radius 2 is 1.12 bits per heavy atom. The van der Waals surface area contributed by atoms with Gasteiger partial charge in [-0.2, -0.15) is 15.0 Å². The van der Waals surface area contributed by atoms with E-state index >= 15 is 0 Å². The van der Waals surface area contributed by atoms with Crippen molar-refractivity contribution in [3.05, 3.63) is 0 Å². The van der Waals surface area contributed by atoms with Crippen LogP contribution in [0, 0.1) is 0 Å². The van der Waals surface area contributed by atoms with Gasteiger partial charge in [0, 0.05) is 41.8 Å². The molecule has 98 valence electrons. The molecule has 0 amide bonds.